The number of halogens is 3. The van der Waals surface area contributed by atoms with Crippen LogP contribution in [0, 0.1) is 17.0 Å². The summed E-state index contributed by atoms with van der Waals surface area (Å²) in [7, 11) is 0. The predicted octanol–water partition coefficient (Wildman–Crippen LogP) is 6.31. The van der Waals surface area contributed by atoms with Crippen molar-refractivity contribution in [3.8, 4) is 0 Å². The van der Waals surface area contributed by atoms with Crippen molar-refractivity contribution in [3.05, 3.63) is 96.0 Å². The molecule has 1 atom stereocenters. The minimum atomic E-state index is -0.121. The van der Waals surface area contributed by atoms with Crippen LogP contribution < -0.4 is 4.73 Å². The molecule has 2 saturated heterocycles. The highest BCUT2D eigenvalue weighted by molar-refractivity contribution is 9.10. The highest BCUT2D eigenvalue weighted by atomic mass is 79.9. The van der Waals surface area contributed by atoms with Crippen molar-refractivity contribution in [1.29, 1.82) is 0 Å². The van der Waals surface area contributed by atoms with Crippen LogP contribution in [0.25, 0.3) is 0 Å². The van der Waals surface area contributed by atoms with Gasteiger partial charge in [0, 0.05) is 64.7 Å². The molecule has 3 aromatic rings. The minimum absolute atomic E-state index is 0.121. The summed E-state index contributed by atoms with van der Waals surface area (Å²) < 4.78 is 2.68. The van der Waals surface area contributed by atoms with Gasteiger partial charge in [0.25, 0.3) is 5.91 Å². The number of aromatic nitrogens is 2. The van der Waals surface area contributed by atoms with E-state index in [1.165, 1.54) is 29.1 Å². The molecule has 3 aliphatic rings. The lowest BCUT2D eigenvalue weighted by Gasteiger charge is -2.38. The molecule has 2 aromatic heterocycles. The van der Waals surface area contributed by atoms with Crippen molar-refractivity contribution in [1.82, 2.24) is 14.8 Å². The Labute approximate surface area is 268 Å². The van der Waals surface area contributed by atoms with Gasteiger partial charge in [-0.05, 0) is 107 Å². The summed E-state index contributed by atoms with van der Waals surface area (Å²) in [6.45, 7) is 2.70. The van der Waals surface area contributed by atoms with E-state index in [-0.39, 0.29) is 23.7 Å². The zero-order valence-electron chi connectivity index (χ0n) is 23.3. The minimum Gasteiger partial charge on any atom is -0.619 e. The largest absolute Gasteiger partial charge is 0.619 e. The van der Waals surface area contributed by atoms with E-state index in [4.69, 9.17) is 16.6 Å². The number of piperidine rings is 2. The first-order valence-electron chi connectivity index (χ1n) is 14.6. The van der Waals surface area contributed by atoms with Crippen molar-refractivity contribution >= 4 is 55.3 Å². The molecule has 1 aliphatic carbocycles. The fraction of sp³-hybridized carbons (Fsp3) is 0.438. The molecule has 2 aliphatic heterocycles. The van der Waals surface area contributed by atoms with Crippen molar-refractivity contribution in [2.45, 2.75) is 50.9 Å². The maximum Gasteiger partial charge on any atom is 0.259 e. The van der Waals surface area contributed by atoms with Gasteiger partial charge in [-0.15, -0.1) is 0 Å². The van der Waals surface area contributed by atoms with Crippen LogP contribution in [0.3, 0.4) is 0 Å². The number of amides is 2. The summed E-state index contributed by atoms with van der Waals surface area (Å²) in [5.41, 5.74) is 5.39. The Morgan fingerprint density at radius 2 is 1.71 bits per heavy atom. The second-order valence-electron chi connectivity index (χ2n) is 11.7. The molecule has 2 fully saturated rings. The summed E-state index contributed by atoms with van der Waals surface area (Å²) in [5, 5.41) is 12.3. The number of likely N-dealkylation sites (tertiary alicyclic amines) is 2. The molecule has 0 bridgehead atoms. The van der Waals surface area contributed by atoms with Crippen LogP contribution in [0.15, 0.2) is 57.9 Å². The third-order valence-electron chi connectivity index (χ3n) is 9.17. The molecular weight excluding hydrogens is 684 g/mol. The second kappa shape index (κ2) is 12.6. The van der Waals surface area contributed by atoms with E-state index in [1.54, 1.807) is 17.0 Å². The molecule has 0 spiro atoms. The lowest BCUT2D eigenvalue weighted by molar-refractivity contribution is -0.605. The summed E-state index contributed by atoms with van der Waals surface area (Å²) in [6, 6.07) is 9.56. The molecule has 6 rings (SSSR count). The van der Waals surface area contributed by atoms with Gasteiger partial charge in [0.1, 0.15) is 5.56 Å². The number of hydrogen-bond acceptors (Lipinski definition) is 4. The smallest absolute Gasteiger partial charge is 0.259 e. The first kappa shape index (κ1) is 29.6. The van der Waals surface area contributed by atoms with E-state index in [0.717, 1.165) is 71.3 Å². The Hall–Kier alpha value is -2.49. The third kappa shape index (κ3) is 6.24. The van der Waals surface area contributed by atoms with Crippen LogP contribution in [0.4, 0.5) is 0 Å². The van der Waals surface area contributed by atoms with Crippen LogP contribution >= 0.6 is 43.5 Å². The van der Waals surface area contributed by atoms with Crippen molar-refractivity contribution < 1.29 is 14.3 Å². The molecule has 0 unspecified atom stereocenters. The first-order valence-corrected chi connectivity index (χ1v) is 16.6. The SMILES string of the molecule is O=C(CC1CCN(C(=O)c2ccc[n+]([O-])c2)CC1)N1CCC([C@H]2c3ncc(Br)cc3CCc3cc(Cl)cc(Br)c32)CC1. The Balaban J connectivity index is 1.09. The molecule has 7 nitrogen and oxygen atoms in total. The molecule has 10 heteroatoms. The average Bonchev–Trinajstić information content (AvgIpc) is 3.14. The number of carbonyl (C=O) groups excluding carboxylic acids is 2. The van der Waals surface area contributed by atoms with Crippen LogP contribution in [0.2, 0.25) is 5.02 Å². The van der Waals surface area contributed by atoms with E-state index in [2.05, 4.69) is 44.0 Å². The van der Waals surface area contributed by atoms with Gasteiger partial charge in [-0.2, -0.15) is 4.73 Å². The van der Waals surface area contributed by atoms with Gasteiger partial charge < -0.3 is 15.0 Å². The standard InChI is InChI=1S/C32H33Br2ClN4O3/c33-25-15-23-4-3-22-16-26(35)17-27(34)29(22)30(31(23)36-18-25)21-7-12-37(13-8-21)28(40)14-20-5-10-38(11-6-20)32(41)24-2-1-9-39(42)19-24/h1-2,9,15-21,30H,3-8,10-14H2/t30-/m1/s1. The number of pyridine rings is 2. The van der Waals surface area contributed by atoms with Gasteiger partial charge in [0.05, 0.1) is 5.69 Å². The normalized spacial score (nSPS) is 19.6. The number of carbonyl (C=O) groups is 2. The van der Waals surface area contributed by atoms with Gasteiger partial charge in [-0.3, -0.25) is 14.6 Å². The number of benzene rings is 1. The molecular formula is C32H33Br2ClN4O3. The summed E-state index contributed by atoms with van der Waals surface area (Å²) >= 11 is 13.9. The van der Waals surface area contributed by atoms with Gasteiger partial charge in [-0.25, -0.2) is 0 Å². The summed E-state index contributed by atoms with van der Waals surface area (Å²) in [6.07, 6.45) is 10.4. The van der Waals surface area contributed by atoms with E-state index >= 15 is 0 Å². The Morgan fingerprint density at radius 1 is 1.00 bits per heavy atom. The lowest BCUT2D eigenvalue weighted by Crippen LogP contribution is -2.43. The molecule has 220 valence electrons. The maximum atomic E-state index is 13.4. The monoisotopic (exact) mass is 714 g/mol. The van der Waals surface area contributed by atoms with E-state index < -0.39 is 0 Å². The molecule has 0 N–H and O–H groups in total. The van der Waals surface area contributed by atoms with Crippen molar-refractivity contribution in [3.63, 3.8) is 0 Å². The zero-order chi connectivity index (χ0) is 29.4. The van der Waals surface area contributed by atoms with Crippen molar-refractivity contribution in [2.24, 2.45) is 11.8 Å². The predicted molar refractivity (Wildman–Crippen MR) is 168 cm³/mol. The average molecular weight is 717 g/mol. The molecule has 1 aromatic carbocycles. The van der Waals surface area contributed by atoms with E-state index in [1.807, 2.05) is 17.2 Å². The van der Waals surface area contributed by atoms with Gasteiger partial charge in [0.2, 0.25) is 5.91 Å². The Kier molecular flexibility index (Phi) is 8.89. The number of nitrogens with zero attached hydrogens (tertiary/aromatic N) is 4. The first-order chi connectivity index (χ1) is 20.3. The molecule has 0 radical (unpaired) electrons. The van der Waals surface area contributed by atoms with Crippen LogP contribution in [-0.4, -0.2) is 52.8 Å². The number of aryl methyl sites for hydroxylation is 2. The molecule has 42 heavy (non-hydrogen) atoms. The van der Waals surface area contributed by atoms with Gasteiger partial charge in [0.15, 0.2) is 12.4 Å². The lowest BCUT2D eigenvalue weighted by atomic mass is 9.76. The molecule has 0 saturated carbocycles. The molecule has 2 amide bonds. The highest BCUT2D eigenvalue weighted by Gasteiger charge is 2.37. The topological polar surface area (TPSA) is 80.5 Å². The second-order valence-corrected chi connectivity index (χ2v) is 14.0. The third-order valence-corrected chi connectivity index (χ3v) is 10.5. The number of hydrogen-bond donors (Lipinski definition) is 0. The number of fused-ring (bicyclic) bond motifs is 2. The summed E-state index contributed by atoms with van der Waals surface area (Å²) in [4.78, 5) is 35.0. The van der Waals surface area contributed by atoms with E-state index in [9.17, 15) is 14.8 Å². The van der Waals surface area contributed by atoms with Crippen LogP contribution in [0.1, 0.15) is 70.8 Å². The quantitative estimate of drug-likeness (QED) is 0.235. The van der Waals surface area contributed by atoms with Crippen LogP contribution in [-0.2, 0) is 17.6 Å². The van der Waals surface area contributed by atoms with Gasteiger partial charge in [-0.1, -0.05) is 27.5 Å². The van der Waals surface area contributed by atoms with Gasteiger partial charge >= 0.3 is 0 Å². The van der Waals surface area contributed by atoms with E-state index in [0.29, 0.717) is 35.7 Å². The Morgan fingerprint density at radius 3 is 2.45 bits per heavy atom. The number of rotatable bonds is 4. The van der Waals surface area contributed by atoms with Crippen LogP contribution in [0.5, 0.6) is 0 Å². The maximum absolute atomic E-state index is 13.4. The fourth-order valence-electron chi connectivity index (χ4n) is 6.99. The summed E-state index contributed by atoms with van der Waals surface area (Å²) in [5.74, 6) is 0.881. The zero-order valence-corrected chi connectivity index (χ0v) is 27.2. The molecule has 4 heterocycles. The Bertz CT molecular complexity index is 1500. The fourth-order valence-corrected chi connectivity index (χ4v) is 8.49. The van der Waals surface area contributed by atoms with Crippen molar-refractivity contribution in [2.75, 3.05) is 26.2 Å². The highest BCUT2D eigenvalue weighted by Crippen LogP contribution is 2.46.